The summed E-state index contributed by atoms with van der Waals surface area (Å²) in [6.45, 7) is 1.80. The molecule has 0 radical (unpaired) electrons. The summed E-state index contributed by atoms with van der Waals surface area (Å²) < 4.78 is 7.72. The van der Waals surface area contributed by atoms with Crippen LogP contribution in [0.1, 0.15) is 25.0 Å². The summed E-state index contributed by atoms with van der Waals surface area (Å²) in [6, 6.07) is 10.5. The van der Waals surface area contributed by atoms with Gasteiger partial charge in [0.15, 0.2) is 0 Å². The molecular formula is C18H18Br3NO4. The van der Waals surface area contributed by atoms with E-state index in [-0.39, 0.29) is 18.3 Å². The van der Waals surface area contributed by atoms with Gasteiger partial charge in [-0.25, -0.2) is 4.79 Å². The number of carbonyl (C=O) groups is 1. The van der Waals surface area contributed by atoms with Crippen LogP contribution in [0.5, 0.6) is 5.75 Å². The Morgan fingerprint density at radius 1 is 1.15 bits per heavy atom. The first-order valence-corrected chi connectivity index (χ1v) is 10.2. The zero-order chi connectivity index (χ0) is 19.3. The van der Waals surface area contributed by atoms with Crippen LogP contribution < -0.4 is 5.32 Å². The summed E-state index contributed by atoms with van der Waals surface area (Å²) in [5, 5.41) is 22.3. The standard InChI is InChI=1S/C18H18Br3NO4/c1-10(6-7-23)17(14-8-12(20)9-15(21)16(14)24)26-18(25)22-13-4-2-11(19)3-5-13/h2-5,8-10,17,23-24H,6-7H2,1H3,(H,22,25)/t10-,17+/m0/s1. The fourth-order valence-corrected chi connectivity index (χ4v) is 3.96. The third-order valence-corrected chi connectivity index (χ3v) is 5.38. The van der Waals surface area contributed by atoms with Crippen molar-refractivity contribution in [2.24, 2.45) is 5.92 Å². The van der Waals surface area contributed by atoms with Crippen LogP contribution in [0.25, 0.3) is 0 Å². The summed E-state index contributed by atoms with van der Waals surface area (Å²) >= 11 is 10.0. The molecule has 8 heteroatoms. The number of anilines is 1. The molecule has 0 fully saturated rings. The van der Waals surface area contributed by atoms with E-state index < -0.39 is 12.2 Å². The second kappa shape index (κ2) is 9.73. The Kier molecular flexibility index (Phi) is 7.94. The van der Waals surface area contributed by atoms with Crippen molar-refractivity contribution in [1.29, 1.82) is 0 Å². The average Bonchev–Trinajstić information content (AvgIpc) is 2.58. The number of halogens is 3. The topological polar surface area (TPSA) is 78.8 Å². The van der Waals surface area contributed by atoms with Crippen molar-refractivity contribution in [3.63, 3.8) is 0 Å². The van der Waals surface area contributed by atoms with Gasteiger partial charge in [0.2, 0.25) is 0 Å². The maximum absolute atomic E-state index is 12.4. The van der Waals surface area contributed by atoms with Gasteiger partial charge in [0.05, 0.1) is 4.47 Å². The lowest BCUT2D eigenvalue weighted by Gasteiger charge is -2.25. The maximum Gasteiger partial charge on any atom is 0.412 e. The highest BCUT2D eigenvalue weighted by atomic mass is 79.9. The Labute approximate surface area is 177 Å². The third-order valence-electron chi connectivity index (χ3n) is 3.79. The van der Waals surface area contributed by atoms with Crippen LogP contribution in [0.15, 0.2) is 49.8 Å². The Hall–Kier alpha value is -1.09. The summed E-state index contributed by atoms with van der Waals surface area (Å²) in [4.78, 5) is 12.4. The molecular weight excluding hydrogens is 534 g/mol. The number of aliphatic hydroxyl groups excluding tert-OH is 1. The summed E-state index contributed by atoms with van der Waals surface area (Å²) in [7, 11) is 0. The number of benzene rings is 2. The molecule has 0 aromatic heterocycles. The normalized spacial score (nSPS) is 13.1. The largest absolute Gasteiger partial charge is 0.506 e. The number of hydrogen-bond acceptors (Lipinski definition) is 4. The van der Waals surface area contributed by atoms with Gasteiger partial charge < -0.3 is 14.9 Å². The number of phenols is 1. The zero-order valence-corrected chi connectivity index (χ0v) is 18.6. The fraction of sp³-hybridized carbons (Fsp3) is 0.278. The number of hydrogen-bond donors (Lipinski definition) is 3. The molecule has 2 rings (SSSR count). The van der Waals surface area contributed by atoms with Crippen molar-refractivity contribution in [1.82, 2.24) is 0 Å². The highest BCUT2D eigenvalue weighted by Crippen LogP contribution is 2.40. The van der Waals surface area contributed by atoms with Crippen molar-refractivity contribution in [2.75, 3.05) is 11.9 Å². The Balaban J connectivity index is 2.25. The molecule has 0 bridgehead atoms. The monoisotopic (exact) mass is 549 g/mol. The summed E-state index contributed by atoms with van der Waals surface area (Å²) in [6.07, 6.45) is -0.955. The minimum Gasteiger partial charge on any atom is -0.506 e. The van der Waals surface area contributed by atoms with Crippen LogP contribution in [0.3, 0.4) is 0 Å². The molecule has 1 amide bonds. The van der Waals surface area contributed by atoms with Gasteiger partial charge in [-0.05, 0) is 64.7 Å². The molecule has 5 nitrogen and oxygen atoms in total. The molecule has 2 aromatic rings. The molecule has 140 valence electrons. The van der Waals surface area contributed by atoms with Crippen LogP contribution in [0.4, 0.5) is 10.5 Å². The number of aliphatic hydroxyl groups is 1. The molecule has 0 aliphatic rings. The van der Waals surface area contributed by atoms with E-state index in [1.54, 1.807) is 36.4 Å². The number of amides is 1. The number of carbonyl (C=O) groups excluding carboxylic acids is 1. The summed E-state index contributed by atoms with van der Waals surface area (Å²) in [5.74, 6) is -0.206. The zero-order valence-electron chi connectivity index (χ0n) is 13.9. The van der Waals surface area contributed by atoms with E-state index in [1.165, 1.54) is 0 Å². The van der Waals surface area contributed by atoms with Crippen LogP contribution in [0, 0.1) is 5.92 Å². The van der Waals surface area contributed by atoms with Crippen LogP contribution in [-0.2, 0) is 4.74 Å². The lowest BCUT2D eigenvalue weighted by atomic mass is 9.94. The molecule has 0 aliphatic carbocycles. The van der Waals surface area contributed by atoms with Crippen LogP contribution in [0.2, 0.25) is 0 Å². The number of rotatable bonds is 6. The quantitative estimate of drug-likeness (QED) is 0.412. The lowest BCUT2D eigenvalue weighted by Crippen LogP contribution is -2.22. The SMILES string of the molecule is C[C@@H](CCO)[C@@H](OC(=O)Nc1ccc(Br)cc1)c1cc(Br)cc(Br)c1O. The molecule has 0 spiro atoms. The van der Waals surface area contributed by atoms with Crippen molar-refractivity contribution in [2.45, 2.75) is 19.4 Å². The molecule has 3 N–H and O–H groups in total. The molecule has 2 aromatic carbocycles. The number of ether oxygens (including phenoxy) is 1. The predicted molar refractivity (Wildman–Crippen MR) is 111 cm³/mol. The lowest BCUT2D eigenvalue weighted by molar-refractivity contribution is 0.0651. The van der Waals surface area contributed by atoms with Gasteiger partial charge in [0, 0.05) is 26.8 Å². The molecule has 0 aliphatic heterocycles. The van der Waals surface area contributed by atoms with E-state index in [0.29, 0.717) is 22.1 Å². The highest BCUT2D eigenvalue weighted by Gasteiger charge is 2.27. The molecule has 2 atom stereocenters. The second-order valence-corrected chi connectivity index (χ2v) is 8.46. The van der Waals surface area contributed by atoms with E-state index in [1.807, 2.05) is 6.92 Å². The van der Waals surface area contributed by atoms with Gasteiger partial charge in [-0.15, -0.1) is 0 Å². The predicted octanol–water partition coefficient (Wildman–Crippen LogP) is 5.99. The van der Waals surface area contributed by atoms with E-state index in [9.17, 15) is 15.0 Å². The number of aromatic hydroxyl groups is 1. The van der Waals surface area contributed by atoms with Crippen molar-refractivity contribution in [3.8, 4) is 5.75 Å². The van der Waals surface area contributed by atoms with Gasteiger partial charge in [-0.1, -0.05) is 38.8 Å². The minimum atomic E-state index is -0.730. The molecule has 0 unspecified atom stereocenters. The molecule has 0 saturated heterocycles. The van der Waals surface area contributed by atoms with Gasteiger partial charge in [-0.2, -0.15) is 0 Å². The Morgan fingerprint density at radius 2 is 1.81 bits per heavy atom. The number of phenolic OH excluding ortho intramolecular Hbond substituents is 1. The molecule has 0 saturated carbocycles. The van der Waals surface area contributed by atoms with Gasteiger partial charge in [-0.3, -0.25) is 5.32 Å². The minimum absolute atomic E-state index is 0.000526. The first-order chi connectivity index (χ1) is 12.3. The smallest absolute Gasteiger partial charge is 0.412 e. The van der Waals surface area contributed by atoms with E-state index in [0.717, 1.165) is 8.95 Å². The first kappa shape index (κ1) is 21.2. The van der Waals surface area contributed by atoms with E-state index in [2.05, 4.69) is 53.1 Å². The first-order valence-electron chi connectivity index (χ1n) is 7.83. The van der Waals surface area contributed by atoms with E-state index >= 15 is 0 Å². The van der Waals surface area contributed by atoms with Gasteiger partial charge in [0.1, 0.15) is 11.9 Å². The molecule has 26 heavy (non-hydrogen) atoms. The molecule has 0 heterocycles. The fourth-order valence-electron chi connectivity index (χ4n) is 2.44. The van der Waals surface area contributed by atoms with Crippen LogP contribution in [-0.4, -0.2) is 22.9 Å². The van der Waals surface area contributed by atoms with Crippen molar-refractivity contribution >= 4 is 59.6 Å². The average molecular weight is 552 g/mol. The Bertz CT molecular complexity index is 768. The highest BCUT2D eigenvalue weighted by molar-refractivity contribution is 9.11. The second-order valence-electron chi connectivity index (χ2n) is 5.77. The number of nitrogens with one attached hydrogen (secondary N) is 1. The van der Waals surface area contributed by atoms with Crippen LogP contribution >= 0.6 is 47.8 Å². The van der Waals surface area contributed by atoms with Gasteiger partial charge in [0.25, 0.3) is 0 Å². The van der Waals surface area contributed by atoms with E-state index in [4.69, 9.17) is 4.74 Å². The van der Waals surface area contributed by atoms with Crippen molar-refractivity contribution in [3.05, 3.63) is 55.4 Å². The summed E-state index contributed by atoms with van der Waals surface area (Å²) in [5.41, 5.74) is 1.05. The van der Waals surface area contributed by atoms with Gasteiger partial charge >= 0.3 is 6.09 Å². The third kappa shape index (κ3) is 5.70. The maximum atomic E-state index is 12.4. The Morgan fingerprint density at radius 3 is 2.42 bits per heavy atom. The van der Waals surface area contributed by atoms with Crippen molar-refractivity contribution < 1.29 is 19.7 Å².